The highest BCUT2D eigenvalue weighted by atomic mass is 35.5. The van der Waals surface area contributed by atoms with Crippen LogP contribution >= 0.6 is 23.4 Å². The van der Waals surface area contributed by atoms with E-state index in [2.05, 4.69) is 11.9 Å². The maximum Gasteiger partial charge on any atom is 0.288 e. The lowest BCUT2D eigenvalue weighted by molar-refractivity contribution is 0.725. The van der Waals surface area contributed by atoms with Crippen molar-refractivity contribution in [3.05, 3.63) is 27.9 Å². The molecule has 0 amide bonds. The van der Waals surface area contributed by atoms with Gasteiger partial charge in [-0.1, -0.05) is 18.5 Å². The predicted octanol–water partition coefficient (Wildman–Crippen LogP) is 1.65. The van der Waals surface area contributed by atoms with Gasteiger partial charge in [0.25, 0.3) is 5.56 Å². The zero-order valence-corrected chi connectivity index (χ0v) is 8.94. The Kier molecular flexibility index (Phi) is 4.32. The Morgan fingerprint density at radius 1 is 1.69 bits per heavy atom. The number of hydrogen-bond donors (Lipinski definition) is 0. The molecule has 72 valence electrons. The van der Waals surface area contributed by atoms with Crippen LogP contribution in [0.3, 0.4) is 0 Å². The van der Waals surface area contributed by atoms with Gasteiger partial charge in [-0.2, -0.15) is 11.8 Å². The van der Waals surface area contributed by atoms with E-state index in [4.69, 9.17) is 11.6 Å². The summed E-state index contributed by atoms with van der Waals surface area (Å²) in [5.41, 5.74) is -0.208. The first-order valence-electron chi connectivity index (χ1n) is 4.04. The Bertz CT molecular complexity index is 326. The molecule has 0 atom stereocenters. The molecule has 5 heteroatoms. The number of thioether (sulfide) groups is 1. The molecule has 1 heterocycles. The van der Waals surface area contributed by atoms with E-state index < -0.39 is 0 Å². The SMILES string of the molecule is CCSCCn1ccnc(Cl)c1=O. The molecule has 0 N–H and O–H groups in total. The Balaban J connectivity index is 2.67. The molecule has 0 spiro atoms. The zero-order valence-electron chi connectivity index (χ0n) is 7.36. The van der Waals surface area contributed by atoms with Gasteiger partial charge in [0.1, 0.15) is 0 Å². The maximum atomic E-state index is 11.3. The van der Waals surface area contributed by atoms with Crippen LogP contribution in [0, 0.1) is 0 Å². The van der Waals surface area contributed by atoms with Gasteiger partial charge in [-0.25, -0.2) is 4.98 Å². The van der Waals surface area contributed by atoms with E-state index in [1.54, 1.807) is 28.7 Å². The van der Waals surface area contributed by atoms with Crippen molar-refractivity contribution in [1.82, 2.24) is 9.55 Å². The van der Waals surface area contributed by atoms with Crippen LogP contribution in [0.2, 0.25) is 5.15 Å². The average Bonchev–Trinajstić information content (AvgIpc) is 2.13. The Labute approximate surface area is 86.1 Å². The molecule has 0 fully saturated rings. The predicted molar refractivity (Wildman–Crippen MR) is 56.5 cm³/mol. The van der Waals surface area contributed by atoms with Gasteiger partial charge in [-0.3, -0.25) is 4.79 Å². The molecule has 0 aliphatic heterocycles. The Morgan fingerprint density at radius 2 is 2.46 bits per heavy atom. The second kappa shape index (κ2) is 5.29. The van der Waals surface area contributed by atoms with Gasteiger partial charge in [0, 0.05) is 24.7 Å². The van der Waals surface area contributed by atoms with Crippen LogP contribution in [-0.4, -0.2) is 21.1 Å². The summed E-state index contributed by atoms with van der Waals surface area (Å²) in [5, 5.41) is 0.0454. The molecule has 13 heavy (non-hydrogen) atoms. The molecule has 0 bridgehead atoms. The lowest BCUT2D eigenvalue weighted by Crippen LogP contribution is -2.21. The van der Waals surface area contributed by atoms with Crippen molar-refractivity contribution in [2.24, 2.45) is 0 Å². The smallest absolute Gasteiger partial charge is 0.288 e. The van der Waals surface area contributed by atoms with Crippen molar-refractivity contribution in [2.75, 3.05) is 11.5 Å². The highest BCUT2D eigenvalue weighted by molar-refractivity contribution is 7.99. The molecular formula is C8H11ClN2OS. The van der Waals surface area contributed by atoms with Crippen LogP contribution in [0.5, 0.6) is 0 Å². The van der Waals surface area contributed by atoms with E-state index in [0.717, 1.165) is 11.5 Å². The van der Waals surface area contributed by atoms with Crippen LogP contribution in [0.25, 0.3) is 0 Å². The van der Waals surface area contributed by atoms with Crippen molar-refractivity contribution >= 4 is 23.4 Å². The fourth-order valence-electron chi connectivity index (χ4n) is 0.904. The summed E-state index contributed by atoms with van der Waals surface area (Å²) in [7, 11) is 0. The quantitative estimate of drug-likeness (QED) is 0.721. The molecule has 1 aromatic heterocycles. The highest BCUT2D eigenvalue weighted by Gasteiger charge is 2.00. The molecule has 1 aromatic rings. The van der Waals surface area contributed by atoms with Crippen LogP contribution in [0.4, 0.5) is 0 Å². The molecule has 3 nitrogen and oxygen atoms in total. The fourth-order valence-corrected chi connectivity index (χ4v) is 1.68. The monoisotopic (exact) mass is 218 g/mol. The van der Waals surface area contributed by atoms with Gasteiger partial charge in [-0.05, 0) is 5.75 Å². The summed E-state index contributed by atoms with van der Waals surface area (Å²) in [6, 6.07) is 0. The van der Waals surface area contributed by atoms with Gasteiger partial charge in [0.15, 0.2) is 5.15 Å². The average molecular weight is 219 g/mol. The molecule has 0 aromatic carbocycles. The van der Waals surface area contributed by atoms with Crippen LogP contribution in [0.15, 0.2) is 17.2 Å². The van der Waals surface area contributed by atoms with Gasteiger partial charge >= 0.3 is 0 Å². The third-order valence-corrected chi connectivity index (χ3v) is 2.69. The summed E-state index contributed by atoms with van der Waals surface area (Å²) in [6.07, 6.45) is 3.20. The molecule has 0 aliphatic rings. The number of aromatic nitrogens is 2. The topological polar surface area (TPSA) is 34.9 Å². The van der Waals surface area contributed by atoms with Crippen LogP contribution in [-0.2, 0) is 6.54 Å². The molecule has 1 rings (SSSR count). The lowest BCUT2D eigenvalue weighted by Gasteiger charge is -2.03. The summed E-state index contributed by atoms with van der Waals surface area (Å²) < 4.78 is 1.58. The minimum atomic E-state index is -0.208. The number of hydrogen-bond acceptors (Lipinski definition) is 3. The number of aryl methyl sites for hydroxylation is 1. The molecular weight excluding hydrogens is 208 g/mol. The van der Waals surface area contributed by atoms with Crippen molar-refractivity contribution < 1.29 is 0 Å². The Hall–Kier alpha value is -0.480. The summed E-state index contributed by atoms with van der Waals surface area (Å²) in [4.78, 5) is 15.0. The number of nitrogens with zero attached hydrogens (tertiary/aromatic N) is 2. The highest BCUT2D eigenvalue weighted by Crippen LogP contribution is 1.99. The lowest BCUT2D eigenvalue weighted by atomic mass is 10.6. The molecule has 0 radical (unpaired) electrons. The molecule has 0 aliphatic carbocycles. The maximum absolute atomic E-state index is 11.3. The number of rotatable bonds is 4. The summed E-state index contributed by atoms with van der Waals surface area (Å²) >= 11 is 7.37. The van der Waals surface area contributed by atoms with E-state index in [1.807, 2.05) is 0 Å². The second-order valence-electron chi connectivity index (χ2n) is 2.41. The van der Waals surface area contributed by atoms with Crippen molar-refractivity contribution in [1.29, 1.82) is 0 Å². The fraction of sp³-hybridized carbons (Fsp3) is 0.500. The van der Waals surface area contributed by atoms with Gasteiger partial charge in [0.05, 0.1) is 0 Å². The first-order valence-corrected chi connectivity index (χ1v) is 5.57. The van der Waals surface area contributed by atoms with Crippen molar-refractivity contribution in [2.45, 2.75) is 13.5 Å². The van der Waals surface area contributed by atoms with E-state index in [-0.39, 0.29) is 10.7 Å². The number of halogens is 1. The first-order chi connectivity index (χ1) is 6.25. The third-order valence-electron chi connectivity index (χ3n) is 1.55. The van der Waals surface area contributed by atoms with Gasteiger partial charge < -0.3 is 4.57 Å². The molecule has 0 unspecified atom stereocenters. The second-order valence-corrected chi connectivity index (χ2v) is 4.17. The summed E-state index contributed by atoms with van der Waals surface area (Å²) in [5.74, 6) is 1.99. The van der Waals surface area contributed by atoms with Crippen molar-refractivity contribution in [3.63, 3.8) is 0 Å². The third kappa shape index (κ3) is 3.04. The minimum absolute atomic E-state index is 0.0454. The van der Waals surface area contributed by atoms with E-state index >= 15 is 0 Å². The van der Waals surface area contributed by atoms with Crippen LogP contribution in [0.1, 0.15) is 6.92 Å². The van der Waals surface area contributed by atoms with Crippen molar-refractivity contribution in [3.8, 4) is 0 Å². The largest absolute Gasteiger partial charge is 0.311 e. The van der Waals surface area contributed by atoms with E-state index in [0.29, 0.717) is 6.54 Å². The molecule has 0 saturated heterocycles. The normalized spacial score (nSPS) is 10.3. The van der Waals surface area contributed by atoms with Gasteiger partial charge in [-0.15, -0.1) is 0 Å². The first kappa shape index (κ1) is 10.6. The zero-order chi connectivity index (χ0) is 9.68. The van der Waals surface area contributed by atoms with E-state index in [9.17, 15) is 4.79 Å². The molecule has 0 saturated carbocycles. The van der Waals surface area contributed by atoms with Gasteiger partial charge in [0.2, 0.25) is 0 Å². The summed E-state index contributed by atoms with van der Waals surface area (Å²) in [6.45, 7) is 2.78. The minimum Gasteiger partial charge on any atom is -0.311 e. The van der Waals surface area contributed by atoms with Crippen LogP contribution < -0.4 is 5.56 Å². The van der Waals surface area contributed by atoms with E-state index in [1.165, 1.54) is 0 Å². The Morgan fingerprint density at radius 3 is 3.15 bits per heavy atom. The standard InChI is InChI=1S/C8H11ClN2OS/c1-2-13-6-5-11-4-3-10-7(9)8(11)12/h3-4H,2,5-6H2,1H3.